The molecule has 0 aliphatic heterocycles. The molecule has 0 spiro atoms. The zero-order valence-corrected chi connectivity index (χ0v) is 14.2. The first-order valence-electron chi connectivity index (χ1n) is 7.31. The summed E-state index contributed by atoms with van der Waals surface area (Å²) in [7, 11) is -0.476. The second-order valence-corrected chi connectivity index (χ2v) is 6.99. The highest BCUT2D eigenvalue weighted by atomic mass is 32.2. The average Bonchev–Trinajstić information content (AvgIpc) is 3.04. The predicted molar refractivity (Wildman–Crippen MR) is 91.9 cm³/mol. The van der Waals surface area contributed by atoms with E-state index in [0.717, 1.165) is 22.2 Å². The van der Waals surface area contributed by atoms with Crippen molar-refractivity contribution in [1.82, 2.24) is 9.71 Å². The molecule has 0 fully saturated rings. The van der Waals surface area contributed by atoms with Crippen LogP contribution in [0.3, 0.4) is 0 Å². The molecule has 6 nitrogen and oxygen atoms in total. The summed E-state index contributed by atoms with van der Waals surface area (Å²) in [5.41, 5.74) is 1.58. The third-order valence-electron chi connectivity index (χ3n) is 3.72. The fourth-order valence-electron chi connectivity index (χ4n) is 2.36. The Kier molecular flexibility index (Phi) is 4.46. The van der Waals surface area contributed by atoms with E-state index in [4.69, 9.17) is 9.47 Å². The second-order valence-electron chi connectivity index (χ2n) is 5.26. The van der Waals surface area contributed by atoms with Crippen molar-refractivity contribution in [2.24, 2.45) is 0 Å². The van der Waals surface area contributed by atoms with E-state index in [0.29, 0.717) is 5.75 Å². The minimum atomic E-state index is -3.63. The quantitative estimate of drug-likeness (QED) is 0.719. The van der Waals surface area contributed by atoms with Crippen LogP contribution in [-0.2, 0) is 16.6 Å². The van der Waals surface area contributed by atoms with E-state index in [1.165, 1.54) is 0 Å². The minimum Gasteiger partial charge on any atom is -0.497 e. The maximum Gasteiger partial charge on any atom is 0.256 e. The molecule has 0 atom stereocenters. The van der Waals surface area contributed by atoms with Gasteiger partial charge in [-0.1, -0.05) is 12.1 Å². The molecule has 3 aromatic rings. The summed E-state index contributed by atoms with van der Waals surface area (Å²) in [6, 6.07) is 14.2. The summed E-state index contributed by atoms with van der Waals surface area (Å²) < 4.78 is 37.7. The Morgan fingerprint density at radius 1 is 0.958 bits per heavy atom. The lowest BCUT2D eigenvalue weighted by Gasteiger charge is -2.06. The maximum atomic E-state index is 12.5. The normalized spacial score (nSPS) is 11.6. The fraction of sp³-hybridized carbons (Fsp3) is 0.176. The van der Waals surface area contributed by atoms with Crippen LogP contribution in [-0.4, -0.2) is 27.6 Å². The van der Waals surface area contributed by atoms with Gasteiger partial charge in [-0.25, -0.2) is 13.1 Å². The van der Waals surface area contributed by atoms with Crippen molar-refractivity contribution in [3.63, 3.8) is 0 Å². The lowest BCUT2D eigenvalue weighted by molar-refractivity contribution is 0.414. The van der Waals surface area contributed by atoms with Gasteiger partial charge in [-0.05, 0) is 42.0 Å². The summed E-state index contributed by atoms with van der Waals surface area (Å²) in [6.07, 6.45) is 0. The van der Waals surface area contributed by atoms with Gasteiger partial charge in [-0.2, -0.15) is 0 Å². The van der Waals surface area contributed by atoms with Gasteiger partial charge in [-0.3, -0.25) is 0 Å². The Morgan fingerprint density at radius 2 is 1.62 bits per heavy atom. The molecule has 24 heavy (non-hydrogen) atoms. The molecule has 2 N–H and O–H groups in total. The van der Waals surface area contributed by atoms with Gasteiger partial charge in [0.1, 0.15) is 16.5 Å². The number of sulfonamides is 1. The van der Waals surface area contributed by atoms with Gasteiger partial charge >= 0.3 is 0 Å². The number of nitrogens with one attached hydrogen (secondary N) is 2. The SMILES string of the molecule is COc1ccc(CNS(=O)(=O)c2cc3cc(OC)ccc3[nH]2)cc1. The molecule has 3 rings (SSSR count). The largest absolute Gasteiger partial charge is 0.497 e. The lowest BCUT2D eigenvalue weighted by Crippen LogP contribution is -2.23. The third kappa shape index (κ3) is 3.37. The monoisotopic (exact) mass is 346 g/mol. The van der Waals surface area contributed by atoms with Crippen LogP contribution in [0.15, 0.2) is 53.6 Å². The first-order valence-corrected chi connectivity index (χ1v) is 8.79. The van der Waals surface area contributed by atoms with Crippen molar-refractivity contribution in [2.75, 3.05) is 14.2 Å². The summed E-state index contributed by atoms with van der Waals surface area (Å²) in [4.78, 5) is 2.92. The first kappa shape index (κ1) is 16.4. The molecule has 126 valence electrons. The van der Waals surface area contributed by atoms with E-state index >= 15 is 0 Å². The zero-order valence-electron chi connectivity index (χ0n) is 13.4. The van der Waals surface area contributed by atoms with Crippen molar-refractivity contribution < 1.29 is 17.9 Å². The molecular weight excluding hydrogens is 328 g/mol. The molecule has 1 aromatic heterocycles. The Morgan fingerprint density at radius 3 is 2.29 bits per heavy atom. The molecule has 1 heterocycles. The summed E-state index contributed by atoms with van der Waals surface area (Å²) in [5, 5.41) is 0.901. The number of fused-ring (bicyclic) bond motifs is 1. The van der Waals surface area contributed by atoms with Crippen LogP contribution < -0.4 is 14.2 Å². The smallest absolute Gasteiger partial charge is 0.256 e. The van der Waals surface area contributed by atoms with Crippen LogP contribution >= 0.6 is 0 Å². The van der Waals surface area contributed by atoms with Crippen molar-refractivity contribution >= 4 is 20.9 Å². The number of hydrogen-bond acceptors (Lipinski definition) is 4. The average molecular weight is 346 g/mol. The van der Waals surface area contributed by atoms with E-state index in [2.05, 4.69) is 9.71 Å². The minimum absolute atomic E-state index is 0.124. The molecule has 2 aromatic carbocycles. The molecule has 0 aliphatic carbocycles. The van der Waals surface area contributed by atoms with Crippen LogP contribution in [0.25, 0.3) is 10.9 Å². The van der Waals surface area contributed by atoms with Crippen molar-refractivity contribution in [2.45, 2.75) is 11.6 Å². The van der Waals surface area contributed by atoms with Gasteiger partial charge in [0.05, 0.1) is 14.2 Å². The second kappa shape index (κ2) is 6.54. The highest BCUT2D eigenvalue weighted by Crippen LogP contribution is 2.23. The number of aromatic nitrogens is 1. The zero-order chi connectivity index (χ0) is 17.2. The molecule has 0 amide bonds. The number of methoxy groups -OCH3 is 2. The molecule has 0 aliphatic rings. The van der Waals surface area contributed by atoms with Crippen molar-refractivity contribution in [1.29, 1.82) is 0 Å². The molecule has 7 heteroatoms. The fourth-order valence-corrected chi connectivity index (χ4v) is 3.39. The Hall–Kier alpha value is -2.51. The number of aromatic amines is 1. The van der Waals surface area contributed by atoms with E-state index in [1.54, 1.807) is 50.6 Å². The summed E-state index contributed by atoms with van der Waals surface area (Å²) >= 11 is 0. The van der Waals surface area contributed by atoms with Gasteiger partial charge in [0.15, 0.2) is 0 Å². The highest BCUT2D eigenvalue weighted by molar-refractivity contribution is 7.89. The molecule has 0 saturated heterocycles. The van der Waals surface area contributed by atoms with E-state index < -0.39 is 10.0 Å². The Balaban J connectivity index is 1.79. The first-order chi connectivity index (χ1) is 11.5. The Bertz CT molecular complexity index is 946. The Labute approximate surface area is 140 Å². The van der Waals surface area contributed by atoms with Gasteiger partial charge < -0.3 is 14.5 Å². The van der Waals surface area contributed by atoms with E-state index in [1.807, 2.05) is 12.1 Å². The van der Waals surface area contributed by atoms with E-state index in [9.17, 15) is 8.42 Å². The van der Waals surface area contributed by atoms with Crippen LogP contribution in [0, 0.1) is 0 Å². The number of hydrogen-bond donors (Lipinski definition) is 2. The number of ether oxygens (including phenoxy) is 2. The van der Waals surface area contributed by atoms with Gasteiger partial charge in [-0.15, -0.1) is 0 Å². The van der Waals surface area contributed by atoms with Crippen molar-refractivity contribution in [3.8, 4) is 11.5 Å². The molecule has 0 bridgehead atoms. The van der Waals surface area contributed by atoms with Crippen molar-refractivity contribution in [3.05, 3.63) is 54.1 Å². The molecule has 0 radical (unpaired) electrons. The number of benzene rings is 2. The third-order valence-corrected chi connectivity index (χ3v) is 5.04. The summed E-state index contributed by atoms with van der Waals surface area (Å²) in [5.74, 6) is 1.41. The summed E-state index contributed by atoms with van der Waals surface area (Å²) in [6.45, 7) is 0.199. The highest BCUT2D eigenvalue weighted by Gasteiger charge is 2.17. The van der Waals surface area contributed by atoms with Gasteiger partial charge in [0, 0.05) is 17.4 Å². The predicted octanol–water partition coefficient (Wildman–Crippen LogP) is 2.66. The molecule has 0 unspecified atom stereocenters. The maximum absolute atomic E-state index is 12.5. The van der Waals surface area contributed by atoms with Gasteiger partial charge in [0.2, 0.25) is 0 Å². The number of H-pyrrole nitrogens is 1. The lowest BCUT2D eigenvalue weighted by atomic mass is 10.2. The number of rotatable bonds is 6. The van der Waals surface area contributed by atoms with Crippen LogP contribution in [0.4, 0.5) is 0 Å². The topological polar surface area (TPSA) is 80.4 Å². The van der Waals surface area contributed by atoms with Crippen LogP contribution in [0.2, 0.25) is 0 Å². The van der Waals surface area contributed by atoms with E-state index in [-0.39, 0.29) is 11.6 Å². The van der Waals surface area contributed by atoms with Crippen LogP contribution in [0.1, 0.15) is 5.56 Å². The van der Waals surface area contributed by atoms with Crippen LogP contribution in [0.5, 0.6) is 11.5 Å². The standard InChI is InChI=1S/C17H18N2O4S/c1-22-14-5-3-12(4-6-14)11-18-24(20,21)17-10-13-9-15(23-2)7-8-16(13)19-17/h3-10,18-19H,11H2,1-2H3. The molecule has 0 saturated carbocycles. The molecular formula is C17H18N2O4S. The van der Waals surface area contributed by atoms with Gasteiger partial charge in [0.25, 0.3) is 10.0 Å².